The summed E-state index contributed by atoms with van der Waals surface area (Å²) in [6.07, 6.45) is 0. The van der Waals surface area contributed by atoms with Crippen LogP contribution in [0.4, 0.5) is 0 Å². The Bertz CT molecular complexity index is 480. The molecule has 0 aliphatic heterocycles. The summed E-state index contributed by atoms with van der Waals surface area (Å²) in [7, 11) is 0. The maximum absolute atomic E-state index is 10.6. The zero-order valence-electron chi connectivity index (χ0n) is 8.13. The normalized spacial score (nSPS) is 12.6. The van der Waals surface area contributed by atoms with Gasteiger partial charge in [0.1, 0.15) is 11.7 Å². The predicted molar refractivity (Wildman–Crippen MR) is 64.4 cm³/mol. The maximum atomic E-state index is 10.6. The Morgan fingerprint density at radius 1 is 1.50 bits per heavy atom. The van der Waals surface area contributed by atoms with Crippen molar-refractivity contribution in [1.82, 2.24) is 0 Å². The summed E-state index contributed by atoms with van der Waals surface area (Å²) < 4.78 is 5.98. The highest BCUT2D eigenvalue weighted by molar-refractivity contribution is 9.10. The molecule has 2 aromatic rings. The van der Waals surface area contributed by atoms with Crippen LogP contribution in [0.1, 0.15) is 16.6 Å². The Hall–Kier alpha value is -1.14. The second-order valence-electron chi connectivity index (χ2n) is 3.23. The Labute approximate surface area is 104 Å². The van der Waals surface area contributed by atoms with E-state index in [1.54, 1.807) is 12.1 Å². The maximum Gasteiger partial charge on any atom is 0.218 e. The van der Waals surface area contributed by atoms with Crippen LogP contribution in [0.15, 0.2) is 38.7 Å². The lowest BCUT2D eigenvalue weighted by Gasteiger charge is -2.07. The molecular weight excluding hydrogens is 294 g/mol. The second-order valence-corrected chi connectivity index (χ2v) is 4.99. The molecule has 6 heteroatoms. The smallest absolute Gasteiger partial charge is 0.218 e. The molecule has 84 valence electrons. The minimum Gasteiger partial charge on any atom is -0.453 e. The van der Waals surface area contributed by atoms with Crippen molar-refractivity contribution in [1.29, 1.82) is 0 Å². The summed E-state index contributed by atoms with van der Waals surface area (Å²) in [5.41, 5.74) is 0. The number of halogens is 1. The lowest BCUT2D eigenvalue weighted by Crippen LogP contribution is -2.12. The van der Waals surface area contributed by atoms with Gasteiger partial charge in [0.05, 0.1) is 0 Å². The fourth-order valence-electron chi connectivity index (χ4n) is 1.47. The highest BCUT2D eigenvalue weighted by Crippen LogP contribution is 2.30. The first-order chi connectivity index (χ1) is 7.66. The van der Waals surface area contributed by atoms with E-state index in [1.807, 2.05) is 17.5 Å². The standard InChI is InChI=1S/C10H8BrNO3S/c11-10-4-3-8(15-10)7(6-12(13)14)9-2-1-5-16-9/h1-5,7H,6H2. The second kappa shape index (κ2) is 4.80. The number of hydrogen-bond donors (Lipinski definition) is 0. The first-order valence-corrected chi connectivity index (χ1v) is 6.24. The van der Waals surface area contributed by atoms with E-state index in [9.17, 15) is 10.1 Å². The quantitative estimate of drug-likeness (QED) is 0.641. The van der Waals surface area contributed by atoms with Crippen LogP contribution >= 0.6 is 27.3 Å². The third kappa shape index (κ3) is 2.51. The molecule has 0 bridgehead atoms. The average molecular weight is 302 g/mol. The van der Waals surface area contributed by atoms with E-state index in [0.717, 1.165) is 4.88 Å². The van der Waals surface area contributed by atoms with Gasteiger partial charge in [-0.15, -0.1) is 11.3 Å². The Kier molecular flexibility index (Phi) is 3.40. The fourth-order valence-corrected chi connectivity index (χ4v) is 2.62. The van der Waals surface area contributed by atoms with Crippen molar-refractivity contribution in [3.05, 3.63) is 55.1 Å². The lowest BCUT2D eigenvalue weighted by molar-refractivity contribution is -0.482. The summed E-state index contributed by atoms with van der Waals surface area (Å²) in [6, 6.07) is 7.27. The van der Waals surface area contributed by atoms with Gasteiger partial charge >= 0.3 is 0 Å². The van der Waals surface area contributed by atoms with Crippen LogP contribution in [0.25, 0.3) is 0 Å². The molecule has 0 radical (unpaired) electrons. The summed E-state index contributed by atoms with van der Waals surface area (Å²) in [4.78, 5) is 11.3. The molecule has 1 atom stereocenters. The molecule has 2 rings (SSSR count). The van der Waals surface area contributed by atoms with Crippen molar-refractivity contribution in [2.24, 2.45) is 0 Å². The first-order valence-electron chi connectivity index (χ1n) is 4.57. The van der Waals surface area contributed by atoms with Gasteiger partial charge in [0.15, 0.2) is 4.67 Å². The van der Waals surface area contributed by atoms with Crippen LogP contribution in [-0.2, 0) is 0 Å². The minimum atomic E-state index is -0.319. The van der Waals surface area contributed by atoms with Gasteiger partial charge in [0.25, 0.3) is 0 Å². The molecule has 4 nitrogen and oxygen atoms in total. The van der Waals surface area contributed by atoms with Crippen LogP contribution in [0.2, 0.25) is 0 Å². The van der Waals surface area contributed by atoms with Crippen molar-refractivity contribution in [3.8, 4) is 0 Å². The van der Waals surface area contributed by atoms with E-state index in [-0.39, 0.29) is 17.4 Å². The van der Waals surface area contributed by atoms with E-state index in [1.165, 1.54) is 11.3 Å². The van der Waals surface area contributed by atoms with Crippen molar-refractivity contribution >= 4 is 27.3 Å². The van der Waals surface area contributed by atoms with Gasteiger partial charge in [-0.25, -0.2) is 0 Å². The van der Waals surface area contributed by atoms with Crippen LogP contribution in [0.3, 0.4) is 0 Å². The van der Waals surface area contributed by atoms with Crippen molar-refractivity contribution in [3.63, 3.8) is 0 Å². The van der Waals surface area contributed by atoms with Crippen LogP contribution < -0.4 is 0 Å². The summed E-state index contributed by atoms with van der Waals surface area (Å²) >= 11 is 4.69. The number of nitrogens with zero attached hydrogens (tertiary/aromatic N) is 1. The monoisotopic (exact) mass is 301 g/mol. The zero-order chi connectivity index (χ0) is 11.5. The molecule has 0 spiro atoms. The number of thiophene rings is 1. The van der Waals surface area contributed by atoms with Crippen molar-refractivity contribution in [2.75, 3.05) is 6.54 Å². The molecule has 0 amide bonds. The highest BCUT2D eigenvalue weighted by Gasteiger charge is 2.24. The number of hydrogen-bond acceptors (Lipinski definition) is 4. The Balaban J connectivity index is 2.31. The average Bonchev–Trinajstić information content (AvgIpc) is 2.84. The summed E-state index contributed by atoms with van der Waals surface area (Å²) in [6.45, 7) is -0.152. The van der Waals surface area contributed by atoms with Crippen molar-refractivity contribution in [2.45, 2.75) is 5.92 Å². The molecule has 0 N–H and O–H groups in total. The highest BCUT2D eigenvalue weighted by atomic mass is 79.9. The zero-order valence-corrected chi connectivity index (χ0v) is 10.5. The number of rotatable bonds is 4. The number of furan rings is 1. The van der Waals surface area contributed by atoms with Crippen LogP contribution in [0, 0.1) is 10.1 Å². The van der Waals surface area contributed by atoms with E-state index < -0.39 is 0 Å². The minimum absolute atomic E-state index is 0.152. The molecule has 0 fully saturated rings. The Morgan fingerprint density at radius 2 is 2.31 bits per heavy atom. The largest absolute Gasteiger partial charge is 0.453 e. The van der Waals surface area contributed by atoms with E-state index in [4.69, 9.17) is 4.42 Å². The molecule has 0 aliphatic rings. The van der Waals surface area contributed by atoms with Crippen LogP contribution in [-0.4, -0.2) is 11.5 Å². The molecule has 0 aliphatic carbocycles. The first kappa shape index (κ1) is 11.3. The van der Waals surface area contributed by atoms with E-state index >= 15 is 0 Å². The summed E-state index contributed by atoms with van der Waals surface area (Å²) in [5.74, 6) is 0.312. The third-order valence-corrected chi connectivity index (χ3v) is 3.57. The van der Waals surface area contributed by atoms with Gasteiger partial charge in [0, 0.05) is 9.80 Å². The molecular formula is C10H8BrNO3S. The van der Waals surface area contributed by atoms with Gasteiger partial charge in [0.2, 0.25) is 6.54 Å². The van der Waals surface area contributed by atoms with E-state index in [2.05, 4.69) is 15.9 Å². The Morgan fingerprint density at radius 3 is 2.81 bits per heavy atom. The fraction of sp³-hybridized carbons (Fsp3) is 0.200. The van der Waals surface area contributed by atoms with Crippen LogP contribution in [0.5, 0.6) is 0 Å². The van der Waals surface area contributed by atoms with Gasteiger partial charge in [-0.05, 0) is 39.5 Å². The third-order valence-electron chi connectivity index (χ3n) is 2.16. The van der Waals surface area contributed by atoms with Gasteiger partial charge in [-0.1, -0.05) is 6.07 Å². The molecule has 2 heterocycles. The molecule has 0 aromatic carbocycles. The topological polar surface area (TPSA) is 56.3 Å². The molecule has 1 unspecified atom stereocenters. The molecule has 0 saturated carbocycles. The van der Waals surface area contributed by atoms with Crippen molar-refractivity contribution < 1.29 is 9.34 Å². The SMILES string of the molecule is O=[N+]([O-])CC(c1ccc(Br)o1)c1cccs1. The van der Waals surface area contributed by atoms with Gasteiger partial charge < -0.3 is 4.42 Å². The predicted octanol–water partition coefficient (Wildman–Crippen LogP) is 3.51. The number of nitro groups is 1. The molecule has 2 aromatic heterocycles. The molecule has 16 heavy (non-hydrogen) atoms. The van der Waals surface area contributed by atoms with Gasteiger partial charge in [-0.3, -0.25) is 10.1 Å². The molecule has 0 saturated heterocycles. The van der Waals surface area contributed by atoms with Gasteiger partial charge in [-0.2, -0.15) is 0 Å². The summed E-state index contributed by atoms with van der Waals surface area (Å²) in [5, 5.41) is 12.5. The lowest BCUT2D eigenvalue weighted by atomic mass is 10.1. The van der Waals surface area contributed by atoms with E-state index in [0.29, 0.717) is 10.4 Å².